The molecule has 0 radical (unpaired) electrons. The molecule has 0 spiro atoms. The van der Waals surface area contributed by atoms with Crippen molar-refractivity contribution >= 4 is 35.6 Å². The fraction of sp³-hybridized carbons (Fsp3) is 0.350. The first-order valence-electron chi connectivity index (χ1n) is 8.57. The Balaban J connectivity index is 0.00000364. The molecule has 2 aromatic carbocycles. The number of aliphatic imine (C=N–C) groups is 1. The largest absolute Gasteiger partial charge is 0.383 e. The Bertz CT molecular complexity index is 779. The third kappa shape index (κ3) is 6.42. The van der Waals surface area contributed by atoms with Crippen molar-refractivity contribution in [2.24, 2.45) is 10.7 Å². The van der Waals surface area contributed by atoms with Crippen LogP contribution in [0.4, 0.5) is 14.5 Å². The number of benzene rings is 2. The molecule has 0 heterocycles. The van der Waals surface area contributed by atoms with Crippen LogP contribution in [0.25, 0.3) is 0 Å². The molecule has 0 amide bonds. The van der Waals surface area contributed by atoms with Crippen LogP contribution in [0.3, 0.4) is 0 Å². The van der Waals surface area contributed by atoms with E-state index in [0.29, 0.717) is 5.92 Å². The van der Waals surface area contributed by atoms with E-state index in [-0.39, 0.29) is 42.0 Å². The van der Waals surface area contributed by atoms with Gasteiger partial charge in [0.25, 0.3) is 0 Å². The predicted molar refractivity (Wildman–Crippen MR) is 117 cm³/mol. The normalized spacial score (nSPS) is 14.8. The number of halogens is 3. The highest BCUT2D eigenvalue weighted by atomic mass is 127. The second-order valence-corrected chi connectivity index (χ2v) is 6.66. The maximum Gasteiger partial charge on any atom is 0.193 e. The van der Waals surface area contributed by atoms with Gasteiger partial charge in [-0.05, 0) is 43.0 Å². The number of nitrogens with zero attached hydrogens (tertiary/aromatic N) is 1. The van der Waals surface area contributed by atoms with Crippen molar-refractivity contribution in [1.82, 2.24) is 0 Å². The maximum absolute atomic E-state index is 13.9. The zero-order valence-corrected chi connectivity index (χ0v) is 18.0. The first-order valence-corrected chi connectivity index (χ1v) is 8.57. The number of hydrogen-bond acceptors (Lipinski definition) is 2. The fourth-order valence-electron chi connectivity index (χ4n) is 2.57. The van der Waals surface area contributed by atoms with Crippen molar-refractivity contribution in [2.75, 3.05) is 11.9 Å². The Labute approximate surface area is 175 Å². The first-order chi connectivity index (χ1) is 12.2. The highest BCUT2D eigenvalue weighted by Gasteiger charge is 2.26. The van der Waals surface area contributed by atoms with Crippen molar-refractivity contribution in [2.45, 2.75) is 38.7 Å². The van der Waals surface area contributed by atoms with Gasteiger partial charge in [0.1, 0.15) is 17.2 Å². The lowest BCUT2D eigenvalue weighted by molar-refractivity contribution is 0.0634. The van der Waals surface area contributed by atoms with Gasteiger partial charge in [-0.25, -0.2) is 13.8 Å². The second-order valence-electron chi connectivity index (χ2n) is 6.66. The molecule has 0 aliphatic carbocycles. The van der Waals surface area contributed by atoms with Crippen molar-refractivity contribution < 1.29 is 13.9 Å². The molecule has 0 fully saturated rings. The van der Waals surface area contributed by atoms with E-state index in [9.17, 15) is 13.9 Å². The average molecular weight is 489 g/mol. The van der Waals surface area contributed by atoms with Crippen LogP contribution in [-0.4, -0.2) is 17.6 Å². The summed E-state index contributed by atoms with van der Waals surface area (Å²) >= 11 is 0. The summed E-state index contributed by atoms with van der Waals surface area (Å²) in [5.74, 6) is -0.940. The minimum absolute atomic E-state index is 0. The van der Waals surface area contributed by atoms with E-state index in [2.05, 4.69) is 24.2 Å². The highest BCUT2D eigenvalue weighted by molar-refractivity contribution is 14.0. The Hall–Kier alpha value is -1.74. The molecule has 0 saturated heterocycles. The maximum atomic E-state index is 13.9. The van der Waals surface area contributed by atoms with Crippen molar-refractivity contribution in [3.63, 3.8) is 0 Å². The van der Waals surface area contributed by atoms with E-state index in [0.717, 1.165) is 24.2 Å². The SMILES string of the molecule is CCC(C)c1ccc(NC(N)=NCC(C)(O)c2ccc(F)cc2F)cc1.I. The number of nitrogens with two attached hydrogens (primary N) is 1. The monoisotopic (exact) mass is 489 g/mol. The molecule has 4 nitrogen and oxygen atoms in total. The van der Waals surface area contributed by atoms with Gasteiger partial charge in [-0.3, -0.25) is 0 Å². The molecule has 2 atom stereocenters. The van der Waals surface area contributed by atoms with E-state index in [1.165, 1.54) is 18.6 Å². The van der Waals surface area contributed by atoms with Crippen LogP contribution in [0.5, 0.6) is 0 Å². The van der Waals surface area contributed by atoms with Gasteiger partial charge in [-0.2, -0.15) is 0 Å². The quantitative estimate of drug-likeness (QED) is 0.312. The molecular formula is C20H26F2IN3O. The van der Waals surface area contributed by atoms with Crippen molar-refractivity contribution in [1.29, 1.82) is 0 Å². The molecule has 148 valence electrons. The van der Waals surface area contributed by atoms with Gasteiger partial charge in [0.2, 0.25) is 0 Å². The number of anilines is 1. The predicted octanol–water partition coefficient (Wildman–Crippen LogP) is 4.73. The molecule has 0 aliphatic heterocycles. The standard InChI is InChI=1S/C20H25F2N3O.HI/c1-4-13(2)14-5-8-16(9-6-14)25-19(23)24-12-20(3,26)17-10-7-15(21)11-18(17)22;/h5-11,13,26H,4,12H2,1-3H3,(H3,23,24,25);1H. The molecular weight excluding hydrogens is 463 g/mol. The Morgan fingerprint density at radius 3 is 2.41 bits per heavy atom. The minimum atomic E-state index is -1.61. The van der Waals surface area contributed by atoms with Gasteiger partial charge < -0.3 is 16.2 Å². The lowest BCUT2D eigenvalue weighted by Gasteiger charge is -2.22. The zero-order chi connectivity index (χ0) is 19.3. The van der Waals surface area contributed by atoms with Gasteiger partial charge in [-0.15, -0.1) is 24.0 Å². The van der Waals surface area contributed by atoms with E-state index in [1.807, 2.05) is 24.3 Å². The van der Waals surface area contributed by atoms with Crippen LogP contribution in [-0.2, 0) is 5.60 Å². The Kier molecular flexibility index (Phi) is 8.61. The van der Waals surface area contributed by atoms with E-state index >= 15 is 0 Å². The van der Waals surface area contributed by atoms with Gasteiger partial charge in [0, 0.05) is 17.3 Å². The summed E-state index contributed by atoms with van der Waals surface area (Å²) in [6, 6.07) is 10.9. The first kappa shape index (κ1) is 23.3. The molecule has 27 heavy (non-hydrogen) atoms. The van der Waals surface area contributed by atoms with Crippen LogP contribution in [0.1, 0.15) is 44.2 Å². The number of aliphatic hydroxyl groups is 1. The van der Waals surface area contributed by atoms with Gasteiger partial charge in [0.05, 0.1) is 6.54 Å². The Morgan fingerprint density at radius 1 is 1.22 bits per heavy atom. The molecule has 0 aromatic heterocycles. The molecule has 0 aliphatic rings. The summed E-state index contributed by atoms with van der Waals surface area (Å²) in [5.41, 5.74) is 6.22. The zero-order valence-electron chi connectivity index (χ0n) is 15.7. The fourth-order valence-corrected chi connectivity index (χ4v) is 2.57. The molecule has 2 aromatic rings. The number of hydrogen-bond donors (Lipinski definition) is 3. The second kappa shape index (κ2) is 9.98. The third-order valence-electron chi connectivity index (χ3n) is 4.43. The van der Waals surface area contributed by atoms with E-state index in [1.54, 1.807) is 0 Å². The van der Waals surface area contributed by atoms with Crippen LogP contribution >= 0.6 is 24.0 Å². The van der Waals surface area contributed by atoms with Gasteiger partial charge >= 0.3 is 0 Å². The molecule has 2 rings (SSSR count). The molecule has 7 heteroatoms. The van der Waals surface area contributed by atoms with Crippen LogP contribution in [0.2, 0.25) is 0 Å². The smallest absolute Gasteiger partial charge is 0.193 e. The van der Waals surface area contributed by atoms with Gasteiger partial charge in [0.15, 0.2) is 5.96 Å². The summed E-state index contributed by atoms with van der Waals surface area (Å²) in [6.45, 7) is 5.53. The van der Waals surface area contributed by atoms with Crippen LogP contribution < -0.4 is 11.1 Å². The summed E-state index contributed by atoms with van der Waals surface area (Å²) in [7, 11) is 0. The lowest BCUT2D eigenvalue weighted by atomic mass is 9.95. The molecule has 4 N–H and O–H groups in total. The summed E-state index contributed by atoms with van der Waals surface area (Å²) in [4.78, 5) is 4.08. The third-order valence-corrected chi connectivity index (χ3v) is 4.43. The molecule has 0 saturated carbocycles. The summed E-state index contributed by atoms with van der Waals surface area (Å²) < 4.78 is 26.9. The molecule has 0 bridgehead atoms. The Morgan fingerprint density at radius 2 is 1.85 bits per heavy atom. The van der Waals surface area contributed by atoms with Gasteiger partial charge in [-0.1, -0.05) is 32.0 Å². The average Bonchev–Trinajstić information content (AvgIpc) is 2.60. The highest BCUT2D eigenvalue weighted by Crippen LogP contribution is 2.25. The summed E-state index contributed by atoms with van der Waals surface area (Å²) in [6.07, 6.45) is 1.06. The topological polar surface area (TPSA) is 70.6 Å². The van der Waals surface area contributed by atoms with Crippen LogP contribution in [0, 0.1) is 11.6 Å². The number of guanidine groups is 1. The van der Waals surface area contributed by atoms with E-state index < -0.39 is 17.2 Å². The van der Waals surface area contributed by atoms with Crippen molar-refractivity contribution in [3.05, 3.63) is 65.2 Å². The summed E-state index contributed by atoms with van der Waals surface area (Å²) in [5, 5.41) is 13.4. The van der Waals surface area contributed by atoms with E-state index in [4.69, 9.17) is 5.73 Å². The number of rotatable bonds is 6. The lowest BCUT2D eigenvalue weighted by Crippen LogP contribution is -2.30. The molecule has 2 unspecified atom stereocenters. The van der Waals surface area contributed by atoms with Crippen molar-refractivity contribution in [3.8, 4) is 0 Å². The minimum Gasteiger partial charge on any atom is -0.383 e. The number of nitrogens with one attached hydrogen (secondary N) is 1. The van der Waals surface area contributed by atoms with Crippen LogP contribution in [0.15, 0.2) is 47.5 Å².